The lowest BCUT2D eigenvalue weighted by Crippen LogP contribution is -2.20. The third kappa shape index (κ3) is 3.46. The molecule has 1 aliphatic carbocycles. The lowest BCUT2D eigenvalue weighted by molar-refractivity contribution is 0.373. The molecule has 2 aromatic rings. The summed E-state index contributed by atoms with van der Waals surface area (Å²) in [4.78, 5) is 12.8. The molecule has 0 spiro atoms. The van der Waals surface area contributed by atoms with Crippen molar-refractivity contribution in [1.82, 2.24) is 24.7 Å². The van der Waals surface area contributed by atoms with Gasteiger partial charge in [-0.15, -0.1) is 0 Å². The predicted molar refractivity (Wildman–Crippen MR) is 79.8 cm³/mol. The van der Waals surface area contributed by atoms with Gasteiger partial charge in [0.2, 0.25) is 11.9 Å². The highest BCUT2D eigenvalue weighted by Crippen LogP contribution is 2.23. The van der Waals surface area contributed by atoms with E-state index in [1.54, 1.807) is 17.1 Å². The van der Waals surface area contributed by atoms with Crippen molar-refractivity contribution in [2.45, 2.75) is 32.1 Å². The van der Waals surface area contributed by atoms with Gasteiger partial charge in [-0.05, 0) is 24.8 Å². The van der Waals surface area contributed by atoms with E-state index < -0.39 is 0 Å². The van der Waals surface area contributed by atoms with Crippen molar-refractivity contribution < 1.29 is 0 Å². The molecule has 0 amide bonds. The van der Waals surface area contributed by atoms with E-state index in [1.807, 2.05) is 6.07 Å². The SMILES string of the molecule is NNc1nc(NCC2CCCCC2)nc(-n2cccn2)n1. The number of hydrogen-bond donors (Lipinski definition) is 3. The number of nitrogens with two attached hydrogens (primary N) is 1. The van der Waals surface area contributed by atoms with Gasteiger partial charge in [-0.25, -0.2) is 10.5 Å². The quantitative estimate of drug-likeness (QED) is 0.563. The molecule has 2 aromatic heterocycles. The van der Waals surface area contributed by atoms with Crippen LogP contribution in [0.5, 0.6) is 0 Å². The van der Waals surface area contributed by atoms with Gasteiger partial charge in [-0.1, -0.05) is 19.3 Å². The normalized spacial score (nSPS) is 15.9. The molecule has 0 radical (unpaired) electrons. The summed E-state index contributed by atoms with van der Waals surface area (Å²) < 4.78 is 1.58. The molecule has 1 aliphatic rings. The number of nitrogens with zero attached hydrogens (tertiary/aromatic N) is 5. The Labute approximate surface area is 123 Å². The number of nitrogens with one attached hydrogen (secondary N) is 2. The van der Waals surface area contributed by atoms with Crippen LogP contribution < -0.4 is 16.6 Å². The molecular formula is C13H20N8. The highest BCUT2D eigenvalue weighted by atomic mass is 15.4. The van der Waals surface area contributed by atoms with Crippen molar-refractivity contribution in [1.29, 1.82) is 0 Å². The fraction of sp³-hybridized carbons (Fsp3) is 0.538. The van der Waals surface area contributed by atoms with Gasteiger partial charge in [0.25, 0.3) is 5.95 Å². The van der Waals surface area contributed by atoms with E-state index in [4.69, 9.17) is 5.84 Å². The first kappa shape index (κ1) is 13.7. The minimum Gasteiger partial charge on any atom is -0.354 e. The van der Waals surface area contributed by atoms with Gasteiger partial charge in [0.05, 0.1) is 0 Å². The average Bonchev–Trinajstić information content (AvgIpc) is 3.08. The van der Waals surface area contributed by atoms with Crippen molar-refractivity contribution in [2.24, 2.45) is 11.8 Å². The average molecular weight is 288 g/mol. The molecule has 0 unspecified atom stereocenters. The van der Waals surface area contributed by atoms with Crippen LogP contribution in [0.1, 0.15) is 32.1 Å². The molecule has 0 aromatic carbocycles. The van der Waals surface area contributed by atoms with E-state index in [1.165, 1.54) is 32.1 Å². The molecule has 1 fully saturated rings. The van der Waals surface area contributed by atoms with Crippen LogP contribution in [0.4, 0.5) is 11.9 Å². The predicted octanol–water partition coefficient (Wildman–Crippen LogP) is 1.34. The van der Waals surface area contributed by atoms with Gasteiger partial charge < -0.3 is 5.32 Å². The highest BCUT2D eigenvalue weighted by Gasteiger charge is 2.14. The fourth-order valence-electron chi connectivity index (χ4n) is 2.62. The smallest absolute Gasteiger partial charge is 0.257 e. The third-order valence-corrected chi connectivity index (χ3v) is 3.74. The fourth-order valence-corrected chi connectivity index (χ4v) is 2.62. The second-order valence-corrected chi connectivity index (χ2v) is 5.26. The molecule has 1 saturated carbocycles. The molecule has 3 rings (SSSR count). The first-order chi connectivity index (χ1) is 10.3. The molecule has 2 heterocycles. The molecule has 112 valence electrons. The largest absolute Gasteiger partial charge is 0.354 e. The lowest BCUT2D eigenvalue weighted by atomic mass is 9.89. The summed E-state index contributed by atoms with van der Waals surface area (Å²) in [7, 11) is 0. The maximum absolute atomic E-state index is 5.42. The summed E-state index contributed by atoms with van der Waals surface area (Å²) in [5.74, 6) is 7.39. The van der Waals surface area contributed by atoms with Crippen LogP contribution >= 0.6 is 0 Å². The maximum atomic E-state index is 5.42. The summed E-state index contributed by atoms with van der Waals surface area (Å²) in [6.07, 6.45) is 9.98. The van der Waals surface area contributed by atoms with E-state index >= 15 is 0 Å². The highest BCUT2D eigenvalue weighted by molar-refractivity contribution is 5.36. The second kappa shape index (κ2) is 6.49. The van der Waals surface area contributed by atoms with E-state index in [9.17, 15) is 0 Å². The molecule has 4 N–H and O–H groups in total. The van der Waals surface area contributed by atoms with Crippen molar-refractivity contribution in [3.05, 3.63) is 18.5 Å². The van der Waals surface area contributed by atoms with Crippen LogP contribution in [0.25, 0.3) is 5.95 Å². The van der Waals surface area contributed by atoms with Crippen LogP contribution in [0, 0.1) is 5.92 Å². The van der Waals surface area contributed by atoms with E-state index in [2.05, 4.69) is 30.8 Å². The molecule has 8 heteroatoms. The van der Waals surface area contributed by atoms with Crippen LogP contribution in [-0.2, 0) is 0 Å². The Hall–Kier alpha value is -2.22. The summed E-state index contributed by atoms with van der Waals surface area (Å²) in [6.45, 7) is 0.882. The lowest BCUT2D eigenvalue weighted by Gasteiger charge is -2.21. The van der Waals surface area contributed by atoms with Crippen molar-refractivity contribution in [3.8, 4) is 5.95 Å². The number of rotatable bonds is 5. The molecule has 0 atom stereocenters. The molecule has 0 saturated heterocycles. The Kier molecular flexibility index (Phi) is 4.25. The minimum atomic E-state index is 0.321. The van der Waals surface area contributed by atoms with Gasteiger partial charge in [0.1, 0.15) is 0 Å². The number of aromatic nitrogens is 5. The monoisotopic (exact) mass is 288 g/mol. The zero-order chi connectivity index (χ0) is 14.5. The number of nitrogen functional groups attached to an aromatic ring is 1. The standard InChI is InChI=1S/C13H20N8/c14-20-12-17-11(15-9-10-5-2-1-3-6-10)18-13(19-12)21-8-4-7-16-21/h4,7-8,10H,1-3,5-6,9,14H2,(H2,15,17,18,19,20). The third-order valence-electron chi connectivity index (χ3n) is 3.74. The van der Waals surface area contributed by atoms with E-state index in [-0.39, 0.29) is 0 Å². The topological polar surface area (TPSA) is 107 Å². The molecule has 0 bridgehead atoms. The minimum absolute atomic E-state index is 0.321. The number of hydrogen-bond acceptors (Lipinski definition) is 7. The first-order valence-electron chi connectivity index (χ1n) is 7.32. The Balaban J connectivity index is 1.73. The van der Waals surface area contributed by atoms with Gasteiger partial charge in [-0.3, -0.25) is 5.43 Å². The van der Waals surface area contributed by atoms with E-state index in [0.717, 1.165) is 6.54 Å². The zero-order valence-electron chi connectivity index (χ0n) is 11.9. The Bertz CT molecular complexity index is 562. The summed E-state index contributed by atoms with van der Waals surface area (Å²) in [5.41, 5.74) is 2.46. The van der Waals surface area contributed by atoms with Crippen molar-refractivity contribution >= 4 is 11.9 Å². The second-order valence-electron chi connectivity index (χ2n) is 5.26. The number of hydrazine groups is 1. The number of anilines is 2. The Morgan fingerprint density at radius 3 is 2.67 bits per heavy atom. The molecule has 0 aliphatic heterocycles. The molecule has 21 heavy (non-hydrogen) atoms. The van der Waals surface area contributed by atoms with Gasteiger partial charge in [0, 0.05) is 18.9 Å². The molecular weight excluding hydrogens is 268 g/mol. The Morgan fingerprint density at radius 2 is 1.95 bits per heavy atom. The van der Waals surface area contributed by atoms with Crippen LogP contribution in [0.2, 0.25) is 0 Å². The van der Waals surface area contributed by atoms with Gasteiger partial charge >= 0.3 is 0 Å². The zero-order valence-corrected chi connectivity index (χ0v) is 11.9. The van der Waals surface area contributed by atoms with E-state index in [0.29, 0.717) is 23.8 Å². The van der Waals surface area contributed by atoms with Crippen LogP contribution in [0.15, 0.2) is 18.5 Å². The van der Waals surface area contributed by atoms with Gasteiger partial charge in [0.15, 0.2) is 0 Å². The first-order valence-corrected chi connectivity index (χ1v) is 7.32. The summed E-state index contributed by atoms with van der Waals surface area (Å²) >= 11 is 0. The van der Waals surface area contributed by atoms with Gasteiger partial charge in [-0.2, -0.15) is 20.1 Å². The molecule has 8 nitrogen and oxygen atoms in total. The van der Waals surface area contributed by atoms with Crippen LogP contribution in [0.3, 0.4) is 0 Å². The maximum Gasteiger partial charge on any atom is 0.257 e. The van der Waals surface area contributed by atoms with Crippen LogP contribution in [-0.4, -0.2) is 31.3 Å². The Morgan fingerprint density at radius 1 is 1.14 bits per heavy atom. The summed E-state index contributed by atoms with van der Waals surface area (Å²) in [6, 6.07) is 1.81. The summed E-state index contributed by atoms with van der Waals surface area (Å²) in [5, 5.41) is 7.41. The van der Waals surface area contributed by atoms with Crippen molar-refractivity contribution in [3.63, 3.8) is 0 Å². The van der Waals surface area contributed by atoms with Crippen molar-refractivity contribution in [2.75, 3.05) is 17.3 Å².